The van der Waals surface area contributed by atoms with Crippen molar-refractivity contribution in [3.63, 3.8) is 0 Å². The summed E-state index contributed by atoms with van der Waals surface area (Å²) in [6.45, 7) is 4.35. The maximum atomic E-state index is 13.1. The fourth-order valence-corrected chi connectivity index (χ4v) is 3.57. The minimum Gasteiger partial charge on any atom is -0.383 e. The summed E-state index contributed by atoms with van der Waals surface area (Å²) in [6.07, 6.45) is 1.00. The van der Waals surface area contributed by atoms with Gasteiger partial charge in [0.1, 0.15) is 5.75 Å². The molecule has 0 aliphatic heterocycles. The summed E-state index contributed by atoms with van der Waals surface area (Å²) in [5.41, 5.74) is 3.68. The standard InChI is InChI=1S/C24H25NO4S/c1-18(2)25(17-19-9-15-23(16-10-19)29-30(3,27)28)24(26)22-13-11-21(12-14-22)20-7-5-4-6-8-20/h4-16,18H,17H2,1-3H3. The molecule has 0 aliphatic rings. The van der Waals surface area contributed by atoms with Crippen molar-refractivity contribution in [2.24, 2.45) is 0 Å². The predicted octanol–water partition coefficient (Wildman–Crippen LogP) is 4.74. The highest BCUT2D eigenvalue weighted by molar-refractivity contribution is 7.86. The highest BCUT2D eigenvalue weighted by Gasteiger charge is 2.19. The van der Waals surface area contributed by atoms with Crippen LogP contribution in [0.1, 0.15) is 29.8 Å². The van der Waals surface area contributed by atoms with Crippen LogP contribution in [0.2, 0.25) is 0 Å². The molecule has 156 valence electrons. The molecule has 6 heteroatoms. The van der Waals surface area contributed by atoms with Crippen LogP contribution in [0.4, 0.5) is 0 Å². The molecule has 0 saturated heterocycles. The third-order valence-corrected chi connectivity index (χ3v) is 5.14. The zero-order valence-electron chi connectivity index (χ0n) is 17.3. The van der Waals surface area contributed by atoms with E-state index in [2.05, 4.69) is 0 Å². The van der Waals surface area contributed by atoms with E-state index in [-0.39, 0.29) is 17.7 Å². The SMILES string of the molecule is CC(C)N(Cc1ccc(OS(C)(=O)=O)cc1)C(=O)c1ccc(-c2ccccc2)cc1. The minimum absolute atomic E-state index is 0.00162. The molecule has 3 aromatic carbocycles. The Bertz CT molecular complexity index is 1090. The van der Waals surface area contributed by atoms with Gasteiger partial charge in [-0.05, 0) is 54.8 Å². The van der Waals surface area contributed by atoms with Gasteiger partial charge in [-0.25, -0.2) is 0 Å². The average Bonchev–Trinajstić information content (AvgIpc) is 2.72. The first-order valence-corrected chi connectivity index (χ1v) is 11.5. The van der Waals surface area contributed by atoms with Crippen molar-refractivity contribution in [3.8, 4) is 16.9 Å². The van der Waals surface area contributed by atoms with E-state index in [4.69, 9.17) is 4.18 Å². The van der Waals surface area contributed by atoms with Crippen LogP contribution >= 0.6 is 0 Å². The second-order valence-electron chi connectivity index (χ2n) is 7.40. The molecule has 0 heterocycles. The minimum atomic E-state index is -3.56. The first-order chi connectivity index (χ1) is 14.2. The van der Waals surface area contributed by atoms with E-state index in [9.17, 15) is 13.2 Å². The highest BCUT2D eigenvalue weighted by atomic mass is 32.2. The quantitative estimate of drug-likeness (QED) is 0.515. The number of hydrogen-bond acceptors (Lipinski definition) is 4. The molecule has 5 nitrogen and oxygen atoms in total. The lowest BCUT2D eigenvalue weighted by Crippen LogP contribution is -2.36. The van der Waals surface area contributed by atoms with Crippen LogP contribution in [0.3, 0.4) is 0 Å². The maximum absolute atomic E-state index is 13.1. The highest BCUT2D eigenvalue weighted by Crippen LogP contribution is 2.21. The van der Waals surface area contributed by atoms with Crippen LogP contribution in [-0.4, -0.2) is 31.5 Å². The predicted molar refractivity (Wildman–Crippen MR) is 119 cm³/mol. The summed E-state index contributed by atoms with van der Waals surface area (Å²) in [5.74, 6) is 0.196. The molecular weight excluding hydrogens is 398 g/mol. The monoisotopic (exact) mass is 423 g/mol. The number of amides is 1. The molecule has 0 fully saturated rings. The van der Waals surface area contributed by atoms with E-state index in [1.165, 1.54) is 0 Å². The summed E-state index contributed by atoms with van der Waals surface area (Å²) >= 11 is 0. The van der Waals surface area contributed by atoms with Gasteiger partial charge in [-0.15, -0.1) is 0 Å². The Kier molecular flexibility index (Phi) is 6.57. The zero-order valence-corrected chi connectivity index (χ0v) is 18.1. The number of hydrogen-bond donors (Lipinski definition) is 0. The van der Waals surface area contributed by atoms with E-state index in [1.807, 2.05) is 68.4 Å². The third kappa shape index (κ3) is 5.70. The summed E-state index contributed by atoms with van der Waals surface area (Å²) in [4.78, 5) is 14.9. The Morgan fingerprint density at radius 1 is 0.867 bits per heavy atom. The normalized spacial score (nSPS) is 11.3. The molecule has 0 saturated carbocycles. The Hall–Kier alpha value is -3.12. The molecular formula is C24H25NO4S. The lowest BCUT2D eigenvalue weighted by molar-refractivity contribution is 0.0690. The lowest BCUT2D eigenvalue weighted by Gasteiger charge is -2.27. The van der Waals surface area contributed by atoms with Crippen LogP contribution in [-0.2, 0) is 16.7 Å². The van der Waals surface area contributed by atoms with Crippen molar-refractivity contribution in [1.29, 1.82) is 0 Å². The van der Waals surface area contributed by atoms with Gasteiger partial charge in [0.15, 0.2) is 0 Å². The molecule has 30 heavy (non-hydrogen) atoms. The molecule has 1 amide bonds. The molecule has 0 aromatic heterocycles. The smallest absolute Gasteiger partial charge is 0.306 e. The van der Waals surface area contributed by atoms with E-state index in [1.54, 1.807) is 29.2 Å². The second-order valence-corrected chi connectivity index (χ2v) is 8.98. The van der Waals surface area contributed by atoms with Gasteiger partial charge in [0.25, 0.3) is 5.91 Å². The van der Waals surface area contributed by atoms with Crippen molar-refractivity contribution >= 4 is 16.0 Å². The first kappa shape index (κ1) is 21.6. The number of carbonyl (C=O) groups is 1. The second kappa shape index (κ2) is 9.13. The summed E-state index contributed by atoms with van der Waals surface area (Å²) in [7, 11) is -3.56. The van der Waals surface area contributed by atoms with Gasteiger partial charge in [0, 0.05) is 18.2 Å². The number of benzene rings is 3. The molecule has 0 spiro atoms. The fourth-order valence-electron chi connectivity index (χ4n) is 3.11. The summed E-state index contributed by atoms with van der Waals surface area (Å²) in [6, 6.07) is 24.3. The Morgan fingerprint density at radius 2 is 1.43 bits per heavy atom. The Morgan fingerprint density at radius 3 is 1.97 bits per heavy atom. The van der Waals surface area contributed by atoms with Gasteiger partial charge in [-0.2, -0.15) is 8.42 Å². The molecule has 0 radical (unpaired) electrons. The fraction of sp³-hybridized carbons (Fsp3) is 0.208. The number of rotatable bonds is 7. The zero-order chi connectivity index (χ0) is 21.7. The first-order valence-electron chi connectivity index (χ1n) is 9.68. The van der Waals surface area contributed by atoms with Crippen molar-refractivity contribution in [2.75, 3.05) is 6.26 Å². The van der Waals surface area contributed by atoms with E-state index in [0.29, 0.717) is 12.1 Å². The largest absolute Gasteiger partial charge is 0.383 e. The number of nitrogens with zero attached hydrogens (tertiary/aromatic N) is 1. The number of carbonyl (C=O) groups excluding carboxylic acids is 1. The Balaban J connectivity index is 1.75. The lowest BCUT2D eigenvalue weighted by atomic mass is 10.0. The third-order valence-electron chi connectivity index (χ3n) is 4.65. The maximum Gasteiger partial charge on any atom is 0.306 e. The van der Waals surface area contributed by atoms with Crippen LogP contribution in [0.5, 0.6) is 5.75 Å². The van der Waals surface area contributed by atoms with Crippen molar-refractivity contribution in [3.05, 3.63) is 90.0 Å². The van der Waals surface area contributed by atoms with Gasteiger partial charge >= 0.3 is 10.1 Å². The summed E-state index contributed by atoms with van der Waals surface area (Å²) < 4.78 is 27.3. The molecule has 0 unspecified atom stereocenters. The van der Waals surface area contributed by atoms with E-state index >= 15 is 0 Å². The van der Waals surface area contributed by atoms with Crippen LogP contribution in [0.25, 0.3) is 11.1 Å². The van der Waals surface area contributed by atoms with Crippen LogP contribution < -0.4 is 4.18 Å². The van der Waals surface area contributed by atoms with Gasteiger partial charge in [0.2, 0.25) is 0 Å². The van der Waals surface area contributed by atoms with E-state index < -0.39 is 10.1 Å². The van der Waals surface area contributed by atoms with Crippen LogP contribution in [0.15, 0.2) is 78.9 Å². The van der Waals surface area contributed by atoms with Crippen LogP contribution in [0, 0.1) is 0 Å². The van der Waals surface area contributed by atoms with Gasteiger partial charge in [-0.1, -0.05) is 54.6 Å². The van der Waals surface area contributed by atoms with Gasteiger partial charge < -0.3 is 9.08 Å². The molecule has 0 atom stereocenters. The van der Waals surface area contributed by atoms with Crippen molar-refractivity contribution in [1.82, 2.24) is 4.90 Å². The topological polar surface area (TPSA) is 63.7 Å². The molecule has 3 rings (SSSR count). The van der Waals surface area contributed by atoms with Crippen molar-refractivity contribution < 1.29 is 17.4 Å². The molecule has 0 bridgehead atoms. The Labute approximate surface area is 178 Å². The average molecular weight is 424 g/mol. The van der Waals surface area contributed by atoms with Gasteiger partial charge in [-0.3, -0.25) is 4.79 Å². The molecule has 0 N–H and O–H groups in total. The van der Waals surface area contributed by atoms with Crippen molar-refractivity contribution in [2.45, 2.75) is 26.4 Å². The molecule has 0 aliphatic carbocycles. The summed E-state index contributed by atoms with van der Waals surface area (Å²) in [5, 5.41) is 0. The van der Waals surface area contributed by atoms with Gasteiger partial charge in [0.05, 0.1) is 6.26 Å². The molecule has 3 aromatic rings. The van der Waals surface area contributed by atoms with E-state index in [0.717, 1.165) is 22.9 Å².